The van der Waals surface area contributed by atoms with Crippen molar-refractivity contribution in [1.29, 1.82) is 0 Å². The Morgan fingerprint density at radius 2 is 2.00 bits per heavy atom. The molecule has 2 rings (SSSR count). The maximum Gasteiger partial charge on any atom is 0.126 e. The quantitative estimate of drug-likeness (QED) is 0.900. The van der Waals surface area contributed by atoms with Gasteiger partial charge in [-0.15, -0.1) is 0 Å². The molecule has 0 aliphatic heterocycles. The number of benzene rings is 1. The maximum atomic E-state index is 13.6. The number of rotatable bonds is 5. The van der Waals surface area contributed by atoms with Crippen molar-refractivity contribution in [3.05, 3.63) is 53.1 Å². The lowest BCUT2D eigenvalue weighted by molar-refractivity contribution is 0.511. The van der Waals surface area contributed by atoms with Gasteiger partial charge in [-0.05, 0) is 51.0 Å². The van der Waals surface area contributed by atoms with E-state index in [-0.39, 0.29) is 11.9 Å². The predicted molar refractivity (Wildman–Crippen MR) is 79.0 cm³/mol. The van der Waals surface area contributed by atoms with Gasteiger partial charge in [0.1, 0.15) is 5.82 Å². The number of aromatic nitrogens is 2. The van der Waals surface area contributed by atoms with E-state index in [2.05, 4.69) is 24.3 Å². The van der Waals surface area contributed by atoms with Gasteiger partial charge in [0, 0.05) is 24.8 Å². The van der Waals surface area contributed by atoms with Gasteiger partial charge in [0.15, 0.2) is 0 Å². The molecule has 1 heterocycles. The van der Waals surface area contributed by atoms with E-state index < -0.39 is 0 Å². The van der Waals surface area contributed by atoms with Crippen molar-refractivity contribution in [3.8, 4) is 0 Å². The number of nitrogens with one attached hydrogen (secondary N) is 1. The molecule has 2 aromatic rings. The summed E-state index contributed by atoms with van der Waals surface area (Å²) in [5.74, 6) is -0.153. The van der Waals surface area contributed by atoms with Crippen molar-refractivity contribution in [2.24, 2.45) is 0 Å². The van der Waals surface area contributed by atoms with E-state index in [1.165, 1.54) is 0 Å². The van der Waals surface area contributed by atoms with E-state index >= 15 is 0 Å². The van der Waals surface area contributed by atoms with Crippen molar-refractivity contribution in [2.45, 2.75) is 46.3 Å². The average molecular weight is 275 g/mol. The van der Waals surface area contributed by atoms with Crippen LogP contribution >= 0.6 is 0 Å². The first kappa shape index (κ1) is 14.7. The van der Waals surface area contributed by atoms with Crippen LogP contribution in [0.3, 0.4) is 0 Å². The minimum Gasteiger partial charge on any atom is -0.304 e. The van der Waals surface area contributed by atoms with Crippen molar-refractivity contribution >= 4 is 0 Å². The Labute approximate surface area is 119 Å². The Morgan fingerprint density at radius 3 is 2.60 bits per heavy atom. The molecule has 4 heteroatoms. The van der Waals surface area contributed by atoms with Crippen LogP contribution in [-0.2, 0) is 6.54 Å². The summed E-state index contributed by atoms with van der Waals surface area (Å²) in [6.07, 6.45) is 1.98. The molecular weight excluding hydrogens is 253 g/mol. The van der Waals surface area contributed by atoms with Gasteiger partial charge >= 0.3 is 0 Å². The standard InChI is InChI=1S/C16H22FN3/c1-11(2)20-8-7-15(19-20)10-18-13(4)14-6-5-12(3)16(17)9-14/h5-9,11,13,18H,10H2,1-4H3. The van der Waals surface area contributed by atoms with E-state index in [4.69, 9.17) is 0 Å². The summed E-state index contributed by atoms with van der Waals surface area (Å²) in [6.45, 7) is 8.68. The Balaban J connectivity index is 1.97. The van der Waals surface area contributed by atoms with Gasteiger partial charge in [0.2, 0.25) is 0 Å². The van der Waals surface area contributed by atoms with Crippen molar-refractivity contribution in [1.82, 2.24) is 15.1 Å². The molecule has 1 aromatic heterocycles. The van der Waals surface area contributed by atoms with Crippen molar-refractivity contribution < 1.29 is 4.39 Å². The topological polar surface area (TPSA) is 29.9 Å². The van der Waals surface area contributed by atoms with E-state index in [0.717, 1.165) is 11.3 Å². The highest BCUT2D eigenvalue weighted by Gasteiger charge is 2.08. The molecule has 1 N–H and O–H groups in total. The van der Waals surface area contributed by atoms with Crippen molar-refractivity contribution in [3.63, 3.8) is 0 Å². The highest BCUT2D eigenvalue weighted by atomic mass is 19.1. The van der Waals surface area contributed by atoms with Gasteiger partial charge in [-0.25, -0.2) is 4.39 Å². The van der Waals surface area contributed by atoms with Gasteiger partial charge in [-0.3, -0.25) is 4.68 Å². The molecule has 0 saturated carbocycles. The molecule has 0 saturated heterocycles. The molecule has 0 radical (unpaired) electrons. The maximum absolute atomic E-state index is 13.6. The van der Waals surface area contributed by atoms with Gasteiger partial charge in [0.05, 0.1) is 5.69 Å². The zero-order valence-electron chi connectivity index (χ0n) is 12.5. The predicted octanol–water partition coefficient (Wildman–Crippen LogP) is 3.76. The molecule has 0 aliphatic rings. The first-order chi connectivity index (χ1) is 9.47. The first-order valence-electron chi connectivity index (χ1n) is 7.01. The molecule has 1 atom stereocenters. The lowest BCUT2D eigenvalue weighted by Gasteiger charge is -2.14. The number of halogens is 1. The molecular formula is C16H22FN3. The monoisotopic (exact) mass is 275 g/mol. The normalized spacial score (nSPS) is 12.9. The number of nitrogens with zero attached hydrogens (tertiary/aromatic N) is 2. The molecule has 0 amide bonds. The third-order valence-electron chi connectivity index (χ3n) is 3.48. The van der Waals surface area contributed by atoms with E-state index in [0.29, 0.717) is 18.2 Å². The Kier molecular flexibility index (Phi) is 4.55. The minimum atomic E-state index is -0.153. The zero-order valence-corrected chi connectivity index (χ0v) is 12.5. The van der Waals surface area contributed by atoms with Crippen LogP contribution in [0, 0.1) is 12.7 Å². The van der Waals surface area contributed by atoms with Crippen LogP contribution in [0.4, 0.5) is 4.39 Å². The highest BCUT2D eigenvalue weighted by Crippen LogP contribution is 2.16. The highest BCUT2D eigenvalue weighted by molar-refractivity contribution is 5.25. The Morgan fingerprint density at radius 1 is 1.25 bits per heavy atom. The first-order valence-corrected chi connectivity index (χ1v) is 7.01. The third kappa shape index (κ3) is 3.45. The van der Waals surface area contributed by atoms with Gasteiger partial charge in [0.25, 0.3) is 0 Å². The molecule has 0 spiro atoms. The molecule has 0 fully saturated rings. The minimum absolute atomic E-state index is 0.0919. The van der Waals surface area contributed by atoms with Crippen LogP contribution in [0.2, 0.25) is 0 Å². The third-order valence-corrected chi connectivity index (χ3v) is 3.48. The molecule has 1 aromatic carbocycles. The van der Waals surface area contributed by atoms with Crippen LogP contribution in [0.1, 0.15) is 49.7 Å². The van der Waals surface area contributed by atoms with Crippen LogP contribution in [0.5, 0.6) is 0 Å². The largest absolute Gasteiger partial charge is 0.304 e. The number of hydrogen-bond acceptors (Lipinski definition) is 2. The van der Waals surface area contributed by atoms with Gasteiger partial charge < -0.3 is 5.32 Å². The Hall–Kier alpha value is -1.68. The Bertz CT molecular complexity index is 575. The van der Waals surface area contributed by atoms with Crippen LogP contribution in [-0.4, -0.2) is 9.78 Å². The summed E-state index contributed by atoms with van der Waals surface area (Å²) in [5, 5.41) is 7.86. The van der Waals surface area contributed by atoms with Crippen LogP contribution < -0.4 is 5.32 Å². The molecule has 108 valence electrons. The zero-order chi connectivity index (χ0) is 14.7. The second-order valence-electron chi connectivity index (χ2n) is 5.49. The summed E-state index contributed by atoms with van der Waals surface area (Å²) in [6, 6.07) is 7.84. The fourth-order valence-corrected chi connectivity index (χ4v) is 2.01. The van der Waals surface area contributed by atoms with Crippen LogP contribution in [0.15, 0.2) is 30.5 Å². The summed E-state index contributed by atoms with van der Waals surface area (Å²) < 4.78 is 15.5. The molecule has 1 unspecified atom stereocenters. The average Bonchev–Trinajstić information content (AvgIpc) is 2.88. The molecule has 0 aliphatic carbocycles. The van der Waals surface area contributed by atoms with Gasteiger partial charge in [-0.1, -0.05) is 12.1 Å². The number of aryl methyl sites for hydroxylation is 1. The second-order valence-corrected chi connectivity index (χ2v) is 5.49. The smallest absolute Gasteiger partial charge is 0.126 e. The fraction of sp³-hybridized carbons (Fsp3) is 0.438. The fourth-order valence-electron chi connectivity index (χ4n) is 2.01. The summed E-state index contributed by atoms with van der Waals surface area (Å²) >= 11 is 0. The molecule has 3 nitrogen and oxygen atoms in total. The van der Waals surface area contributed by atoms with E-state index in [1.54, 1.807) is 13.0 Å². The lowest BCUT2D eigenvalue weighted by Crippen LogP contribution is -2.19. The van der Waals surface area contributed by atoms with Crippen molar-refractivity contribution in [2.75, 3.05) is 0 Å². The number of hydrogen-bond donors (Lipinski definition) is 1. The van der Waals surface area contributed by atoms with Crippen LogP contribution in [0.25, 0.3) is 0 Å². The van der Waals surface area contributed by atoms with E-state index in [9.17, 15) is 4.39 Å². The summed E-state index contributed by atoms with van der Waals surface area (Å²) in [7, 11) is 0. The SMILES string of the molecule is Cc1ccc(C(C)NCc2ccn(C(C)C)n2)cc1F. The second kappa shape index (κ2) is 6.18. The summed E-state index contributed by atoms with van der Waals surface area (Å²) in [5.41, 5.74) is 2.63. The lowest BCUT2D eigenvalue weighted by atomic mass is 10.1. The molecule has 0 bridgehead atoms. The summed E-state index contributed by atoms with van der Waals surface area (Å²) in [4.78, 5) is 0. The van der Waals surface area contributed by atoms with E-state index in [1.807, 2.05) is 36.0 Å². The molecule has 20 heavy (non-hydrogen) atoms. The van der Waals surface area contributed by atoms with Gasteiger partial charge in [-0.2, -0.15) is 5.10 Å².